The third-order valence-corrected chi connectivity index (χ3v) is 6.00. The van der Waals surface area contributed by atoms with E-state index in [1.807, 2.05) is 61.5 Å². The van der Waals surface area contributed by atoms with Gasteiger partial charge in [-0.1, -0.05) is 54.2 Å². The summed E-state index contributed by atoms with van der Waals surface area (Å²) in [6.45, 7) is 1.86. The van der Waals surface area contributed by atoms with Gasteiger partial charge >= 0.3 is 5.97 Å². The van der Waals surface area contributed by atoms with Crippen LogP contribution in [0.5, 0.6) is 0 Å². The number of hydrogen-bond acceptors (Lipinski definition) is 4. The highest BCUT2D eigenvalue weighted by Gasteiger charge is 2.58. The van der Waals surface area contributed by atoms with Gasteiger partial charge in [-0.15, -0.1) is 0 Å². The molecule has 2 atom stereocenters. The maximum absolute atomic E-state index is 13.0. The van der Waals surface area contributed by atoms with Crippen molar-refractivity contribution >= 4 is 29.3 Å². The first-order valence-corrected chi connectivity index (χ1v) is 8.80. The van der Waals surface area contributed by atoms with Crippen molar-refractivity contribution in [2.75, 3.05) is 4.90 Å². The minimum atomic E-state index is -0.955. The number of benzene rings is 2. The minimum absolute atomic E-state index is 0.0169. The Morgan fingerprint density at radius 3 is 2.67 bits per heavy atom. The molecule has 0 N–H and O–H groups in total. The summed E-state index contributed by atoms with van der Waals surface area (Å²) in [5.41, 5.74) is 1.76. The van der Waals surface area contributed by atoms with Gasteiger partial charge in [0.05, 0.1) is 5.69 Å². The third-order valence-electron chi connectivity index (χ3n) is 4.55. The van der Waals surface area contributed by atoms with Crippen molar-refractivity contribution in [3.05, 3.63) is 60.2 Å². The molecule has 1 saturated heterocycles. The minimum Gasteiger partial charge on any atom is -0.455 e. The van der Waals surface area contributed by atoms with Crippen molar-refractivity contribution in [2.45, 2.75) is 35.6 Å². The van der Waals surface area contributed by atoms with Crippen molar-refractivity contribution in [1.82, 2.24) is 0 Å². The summed E-state index contributed by atoms with van der Waals surface area (Å²) in [5, 5.41) is 0. The summed E-state index contributed by atoms with van der Waals surface area (Å²) in [4.78, 5) is 27.0. The fourth-order valence-electron chi connectivity index (χ4n) is 3.32. The molecule has 2 aliphatic heterocycles. The maximum Gasteiger partial charge on any atom is 0.344 e. The monoisotopic (exact) mass is 339 g/mol. The summed E-state index contributed by atoms with van der Waals surface area (Å²) >= 11 is 1.43. The molecule has 122 valence electrons. The first kappa shape index (κ1) is 15.3. The Morgan fingerprint density at radius 2 is 1.88 bits per heavy atom. The number of anilines is 1. The van der Waals surface area contributed by atoms with E-state index in [0.29, 0.717) is 12.8 Å². The van der Waals surface area contributed by atoms with Crippen molar-refractivity contribution in [3.8, 4) is 0 Å². The van der Waals surface area contributed by atoms with E-state index in [-0.39, 0.29) is 18.0 Å². The molecule has 4 nitrogen and oxygen atoms in total. The Labute approximate surface area is 144 Å². The van der Waals surface area contributed by atoms with E-state index in [1.165, 1.54) is 11.8 Å². The van der Waals surface area contributed by atoms with Crippen molar-refractivity contribution in [3.63, 3.8) is 0 Å². The summed E-state index contributed by atoms with van der Waals surface area (Å²) in [7, 11) is 0. The molecule has 2 aromatic carbocycles. The quantitative estimate of drug-likeness (QED) is 0.795. The van der Waals surface area contributed by atoms with Crippen LogP contribution in [-0.2, 0) is 14.3 Å². The molecule has 24 heavy (non-hydrogen) atoms. The zero-order valence-electron chi connectivity index (χ0n) is 13.3. The second kappa shape index (κ2) is 5.67. The lowest BCUT2D eigenvalue weighted by molar-refractivity contribution is -0.151. The molecule has 2 aliphatic rings. The molecular weight excluding hydrogens is 322 g/mol. The Morgan fingerprint density at radius 1 is 1.17 bits per heavy atom. The van der Waals surface area contributed by atoms with Crippen LogP contribution in [0.3, 0.4) is 0 Å². The van der Waals surface area contributed by atoms with Crippen LogP contribution in [0.25, 0.3) is 0 Å². The second-order valence-corrected chi connectivity index (χ2v) is 7.36. The largest absolute Gasteiger partial charge is 0.455 e. The normalized spacial score (nSPS) is 22.9. The average molecular weight is 339 g/mol. The number of amides is 1. The molecule has 0 unspecified atom stereocenters. The Kier molecular flexibility index (Phi) is 3.61. The predicted octanol–water partition coefficient (Wildman–Crippen LogP) is 3.92. The fraction of sp³-hybridized carbons (Fsp3) is 0.263. The van der Waals surface area contributed by atoms with E-state index in [2.05, 4.69) is 0 Å². The number of rotatable bonds is 3. The van der Waals surface area contributed by atoms with Gasteiger partial charge in [-0.3, -0.25) is 9.69 Å². The number of fused-ring (bicyclic) bond motifs is 3. The van der Waals surface area contributed by atoms with Gasteiger partial charge < -0.3 is 4.74 Å². The molecule has 0 saturated carbocycles. The number of hydrogen-bond donors (Lipinski definition) is 0. The average Bonchev–Trinajstić information content (AvgIpc) is 3.12. The predicted molar refractivity (Wildman–Crippen MR) is 92.7 cm³/mol. The van der Waals surface area contributed by atoms with Gasteiger partial charge in [-0.2, -0.15) is 0 Å². The molecule has 2 aromatic rings. The molecule has 1 amide bonds. The molecule has 0 aromatic heterocycles. The third kappa shape index (κ3) is 2.23. The van der Waals surface area contributed by atoms with E-state index in [0.717, 1.165) is 16.1 Å². The van der Waals surface area contributed by atoms with Crippen LogP contribution in [0, 0.1) is 0 Å². The number of esters is 1. The van der Waals surface area contributed by atoms with Crippen LogP contribution >= 0.6 is 11.8 Å². The van der Waals surface area contributed by atoms with Crippen LogP contribution in [0.2, 0.25) is 0 Å². The van der Waals surface area contributed by atoms with E-state index in [4.69, 9.17) is 4.74 Å². The van der Waals surface area contributed by atoms with E-state index >= 15 is 0 Å². The number of nitrogens with zero attached hydrogens (tertiary/aromatic N) is 1. The number of para-hydroxylation sites is 1. The van der Waals surface area contributed by atoms with Gasteiger partial charge in [-0.05, 0) is 24.6 Å². The zero-order valence-corrected chi connectivity index (χ0v) is 14.1. The second-order valence-electron chi connectivity index (χ2n) is 6.04. The highest BCUT2D eigenvalue weighted by molar-refractivity contribution is 8.02. The smallest absolute Gasteiger partial charge is 0.344 e. The van der Waals surface area contributed by atoms with Crippen LogP contribution in [0.15, 0.2) is 59.5 Å². The standard InChI is InChI=1S/C19H17NO3S/c1-13(14-7-3-2-4-8-14)23-18(22)19-12-11-17(21)20(19)15-9-5-6-10-16(15)24-19/h2-10,13H,11-12H2,1H3/t13-,19+/m1/s1. The fourth-order valence-corrected chi connectivity index (χ4v) is 4.72. The molecule has 2 heterocycles. The first-order valence-electron chi connectivity index (χ1n) is 7.99. The van der Waals surface area contributed by atoms with Crippen LogP contribution in [0.1, 0.15) is 31.4 Å². The molecule has 0 bridgehead atoms. The Hall–Kier alpha value is -2.27. The van der Waals surface area contributed by atoms with Gasteiger partial charge in [0, 0.05) is 17.7 Å². The number of carbonyl (C=O) groups is 2. The van der Waals surface area contributed by atoms with E-state index < -0.39 is 4.87 Å². The van der Waals surface area contributed by atoms with Gasteiger partial charge in [0.15, 0.2) is 4.87 Å². The highest BCUT2D eigenvalue weighted by atomic mass is 32.2. The molecule has 1 fully saturated rings. The Balaban J connectivity index is 1.63. The summed E-state index contributed by atoms with van der Waals surface area (Å²) in [6.07, 6.45) is 0.497. The highest BCUT2D eigenvalue weighted by Crippen LogP contribution is 2.56. The summed E-state index contributed by atoms with van der Waals surface area (Å²) in [5.74, 6) is -0.359. The van der Waals surface area contributed by atoms with Crippen molar-refractivity contribution in [2.24, 2.45) is 0 Å². The summed E-state index contributed by atoms with van der Waals surface area (Å²) < 4.78 is 5.75. The van der Waals surface area contributed by atoms with Crippen LogP contribution in [0.4, 0.5) is 5.69 Å². The number of carbonyl (C=O) groups excluding carboxylic acids is 2. The maximum atomic E-state index is 13.0. The van der Waals surface area contributed by atoms with Crippen LogP contribution < -0.4 is 4.90 Å². The van der Waals surface area contributed by atoms with Crippen molar-refractivity contribution in [1.29, 1.82) is 0 Å². The van der Waals surface area contributed by atoms with Gasteiger partial charge in [-0.25, -0.2) is 4.79 Å². The molecule has 4 rings (SSSR count). The number of thioether (sulfide) groups is 1. The Bertz CT molecular complexity index is 807. The zero-order chi connectivity index (χ0) is 16.7. The lowest BCUT2D eigenvalue weighted by Gasteiger charge is -2.30. The number of ether oxygens (including phenoxy) is 1. The SMILES string of the molecule is C[C@@H](OC(=O)[C@@]12CCC(=O)N1c1ccccc1S2)c1ccccc1. The molecule has 0 radical (unpaired) electrons. The molecular formula is C19H17NO3S. The van der Waals surface area contributed by atoms with Gasteiger partial charge in [0.2, 0.25) is 5.91 Å². The lowest BCUT2D eigenvalue weighted by Crippen LogP contribution is -2.48. The summed E-state index contributed by atoms with van der Waals surface area (Å²) in [6, 6.07) is 17.3. The molecule has 5 heteroatoms. The van der Waals surface area contributed by atoms with Crippen molar-refractivity contribution < 1.29 is 14.3 Å². The molecule has 0 spiro atoms. The van der Waals surface area contributed by atoms with Crippen LogP contribution in [-0.4, -0.2) is 16.7 Å². The van der Waals surface area contributed by atoms with E-state index in [1.54, 1.807) is 4.90 Å². The van der Waals surface area contributed by atoms with Gasteiger partial charge in [0.25, 0.3) is 0 Å². The molecule has 0 aliphatic carbocycles. The van der Waals surface area contributed by atoms with Gasteiger partial charge in [0.1, 0.15) is 6.10 Å². The lowest BCUT2D eigenvalue weighted by atomic mass is 10.1. The topological polar surface area (TPSA) is 46.6 Å². The van der Waals surface area contributed by atoms with E-state index in [9.17, 15) is 9.59 Å². The first-order chi connectivity index (χ1) is 11.6.